The van der Waals surface area contributed by atoms with Crippen LogP contribution in [0, 0.1) is 5.92 Å². The van der Waals surface area contributed by atoms with Gasteiger partial charge in [0.1, 0.15) is 5.36 Å². The summed E-state index contributed by atoms with van der Waals surface area (Å²) in [6.45, 7) is 8.59. The minimum Gasteiger partial charge on any atom is -0.352 e. The first-order valence-corrected chi connectivity index (χ1v) is 9.57. The Morgan fingerprint density at radius 1 is 1.20 bits per heavy atom. The molecule has 4 nitrogen and oxygen atoms in total. The van der Waals surface area contributed by atoms with Crippen LogP contribution in [0.5, 0.6) is 0 Å². The zero-order valence-electron chi connectivity index (χ0n) is 15.2. The normalized spacial score (nSPS) is 23.9. The fourth-order valence-corrected chi connectivity index (χ4v) is 4.06. The average Bonchev–Trinajstić information content (AvgIpc) is 2.61. The second-order valence-corrected chi connectivity index (χ2v) is 7.72. The Morgan fingerprint density at radius 3 is 2.68 bits per heavy atom. The summed E-state index contributed by atoms with van der Waals surface area (Å²) in [5, 5.41) is 4.14. The molecule has 2 unspecified atom stereocenters. The molecule has 2 aliphatic heterocycles. The number of likely N-dealkylation sites (N-methyl/N-ethyl adjacent to an activating group) is 1. The molecule has 0 bridgehead atoms. The third-order valence-electron chi connectivity index (χ3n) is 5.49. The van der Waals surface area contributed by atoms with E-state index in [1.54, 1.807) is 0 Å². The van der Waals surface area contributed by atoms with Crippen LogP contribution in [0.4, 0.5) is 5.82 Å². The molecule has 0 amide bonds. The fourth-order valence-electron chi connectivity index (χ4n) is 3.89. The minimum atomic E-state index is 0.331. The molecule has 132 valence electrons. The van der Waals surface area contributed by atoms with Crippen LogP contribution in [-0.4, -0.2) is 49.2 Å². The smallest absolute Gasteiger partial charge is 0.155 e. The third kappa shape index (κ3) is 3.02. The Balaban J connectivity index is 1.98. The molecule has 1 aromatic heterocycles. The van der Waals surface area contributed by atoms with E-state index in [4.69, 9.17) is 21.6 Å². The lowest BCUT2D eigenvalue weighted by Crippen LogP contribution is -2.49. The summed E-state index contributed by atoms with van der Waals surface area (Å²) in [4.78, 5) is 14.9. The first-order valence-electron chi connectivity index (χ1n) is 9.19. The van der Waals surface area contributed by atoms with E-state index in [0.29, 0.717) is 12.0 Å². The van der Waals surface area contributed by atoms with E-state index in [1.165, 1.54) is 5.22 Å². The van der Waals surface area contributed by atoms with Crippen LogP contribution in [0.2, 0.25) is 5.02 Å². The molecule has 0 saturated carbocycles. The highest BCUT2D eigenvalue weighted by Gasteiger charge is 2.23. The maximum Gasteiger partial charge on any atom is 0.155 e. The molecular formula is C20H25ClN4. The highest BCUT2D eigenvalue weighted by atomic mass is 35.5. The lowest BCUT2D eigenvalue weighted by atomic mass is 9.95. The summed E-state index contributed by atoms with van der Waals surface area (Å²) < 4.78 is 0. The van der Waals surface area contributed by atoms with Gasteiger partial charge >= 0.3 is 0 Å². The van der Waals surface area contributed by atoms with Crippen molar-refractivity contribution < 1.29 is 0 Å². The highest BCUT2D eigenvalue weighted by molar-refractivity contribution is 6.31. The van der Waals surface area contributed by atoms with Gasteiger partial charge < -0.3 is 9.80 Å². The molecule has 0 spiro atoms. The Hall–Kier alpha value is -1.65. The van der Waals surface area contributed by atoms with Gasteiger partial charge in [0.2, 0.25) is 0 Å². The van der Waals surface area contributed by atoms with Crippen LogP contribution in [0.25, 0.3) is 17.0 Å². The number of aromatic nitrogens is 1. The summed E-state index contributed by atoms with van der Waals surface area (Å²) in [6, 6.07) is 6.32. The summed E-state index contributed by atoms with van der Waals surface area (Å²) >= 11 is 6.27. The average molecular weight is 357 g/mol. The molecule has 25 heavy (non-hydrogen) atoms. The molecular weight excluding hydrogens is 332 g/mol. The van der Waals surface area contributed by atoms with Gasteiger partial charge in [-0.05, 0) is 37.6 Å². The molecule has 2 aromatic rings. The Bertz CT molecular complexity index is 915. The number of fused-ring (bicyclic) bond motifs is 3. The summed E-state index contributed by atoms with van der Waals surface area (Å²) in [5.74, 6) is 1.47. The largest absolute Gasteiger partial charge is 0.352 e. The molecule has 1 fully saturated rings. The Morgan fingerprint density at radius 2 is 1.96 bits per heavy atom. The Kier molecular flexibility index (Phi) is 4.42. The van der Waals surface area contributed by atoms with E-state index < -0.39 is 0 Å². The van der Waals surface area contributed by atoms with Gasteiger partial charge in [0.25, 0.3) is 0 Å². The van der Waals surface area contributed by atoms with Gasteiger partial charge in [-0.3, -0.25) is 4.99 Å². The third-order valence-corrected chi connectivity index (χ3v) is 5.73. The van der Waals surface area contributed by atoms with Crippen molar-refractivity contribution in [2.24, 2.45) is 10.9 Å². The van der Waals surface area contributed by atoms with Crippen LogP contribution in [0.3, 0.4) is 0 Å². The van der Waals surface area contributed by atoms with Crippen LogP contribution < -0.4 is 15.5 Å². The number of hydrogen-bond donors (Lipinski definition) is 0. The number of nitrogens with zero attached hydrogens (tertiary/aromatic N) is 4. The number of anilines is 1. The van der Waals surface area contributed by atoms with E-state index in [9.17, 15) is 0 Å². The molecule has 4 rings (SSSR count). The molecule has 2 aliphatic rings. The number of hydrogen-bond acceptors (Lipinski definition) is 4. The van der Waals surface area contributed by atoms with Crippen LogP contribution in [0.1, 0.15) is 20.3 Å². The molecule has 0 radical (unpaired) electrons. The topological polar surface area (TPSA) is 31.7 Å². The summed E-state index contributed by atoms with van der Waals surface area (Å²) in [6.07, 6.45) is 3.42. The summed E-state index contributed by atoms with van der Waals surface area (Å²) in [7, 11) is 2.18. The number of pyridine rings is 1. The fraction of sp³-hybridized carbons (Fsp3) is 0.500. The van der Waals surface area contributed by atoms with Crippen molar-refractivity contribution >= 4 is 34.4 Å². The molecule has 1 aromatic carbocycles. The van der Waals surface area contributed by atoms with Gasteiger partial charge in [0, 0.05) is 41.8 Å². The molecule has 5 heteroatoms. The van der Waals surface area contributed by atoms with Crippen molar-refractivity contribution in [2.45, 2.75) is 26.3 Å². The van der Waals surface area contributed by atoms with Crippen molar-refractivity contribution in [1.82, 2.24) is 9.88 Å². The zero-order valence-corrected chi connectivity index (χ0v) is 15.9. The second-order valence-electron chi connectivity index (χ2n) is 7.28. The van der Waals surface area contributed by atoms with Crippen molar-refractivity contribution in [3.8, 4) is 0 Å². The predicted molar refractivity (Wildman–Crippen MR) is 105 cm³/mol. The van der Waals surface area contributed by atoms with E-state index in [2.05, 4.69) is 36.8 Å². The second kappa shape index (κ2) is 6.58. The first-order chi connectivity index (χ1) is 12.1. The predicted octanol–water partition coefficient (Wildman–Crippen LogP) is 2.47. The van der Waals surface area contributed by atoms with Gasteiger partial charge in [-0.2, -0.15) is 0 Å². The minimum absolute atomic E-state index is 0.331. The number of piperazine rings is 1. The van der Waals surface area contributed by atoms with Crippen molar-refractivity contribution in [3.05, 3.63) is 33.8 Å². The number of benzene rings is 1. The van der Waals surface area contributed by atoms with E-state index in [0.717, 1.165) is 59.7 Å². The summed E-state index contributed by atoms with van der Waals surface area (Å²) in [5.41, 5.74) is 1.01. The van der Waals surface area contributed by atoms with Crippen LogP contribution in [0.15, 0.2) is 23.2 Å². The molecule has 1 saturated heterocycles. The van der Waals surface area contributed by atoms with E-state index >= 15 is 0 Å². The Labute approximate surface area is 153 Å². The quantitative estimate of drug-likeness (QED) is 0.828. The van der Waals surface area contributed by atoms with Gasteiger partial charge in [-0.25, -0.2) is 4.98 Å². The molecule has 3 heterocycles. The van der Waals surface area contributed by atoms with Crippen LogP contribution in [-0.2, 0) is 0 Å². The SMILES string of the molecule is CCC1N=c2c(N3CCN(C)CC3)nc3ccc(Cl)cc3c2=CC1C. The van der Waals surface area contributed by atoms with E-state index in [1.807, 2.05) is 18.2 Å². The standard InChI is InChI=1S/C20H25ClN4/c1-4-17-13(2)11-16-15-12-14(21)5-6-18(15)23-20(19(16)22-17)25-9-7-24(3)8-10-25/h5-6,11-13,17H,4,7-10H2,1-3H3. The van der Waals surface area contributed by atoms with E-state index in [-0.39, 0.29) is 0 Å². The van der Waals surface area contributed by atoms with Gasteiger partial charge in [0.15, 0.2) is 5.82 Å². The van der Waals surface area contributed by atoms with Gasteiger partial charge in [-0.15, -0.1) is 0 Å². The molecule has 0 aliphatic carbocycles. The number of rotatable bonds is 2. The maximum atomic E-state index is 6.27. The van der Waals surface area contributed by atoms with Crippen molar-refractivity contribution in [2.75, 3.05) is 38.1 Å². The monoisotopic (exact) mass is 356 g/mol. The first kappa shape index (κ1) is 16.8. The lowest BCUT2D eigenvalue weighted by molar-refractivity contribution is 0.311. The molecule has 0 N–H and O–H groups in total. The highest BCUT2D eigenvalue weighted by Crippen LogP contribution is 2.21. The lowest BCUT2D eigenvalue weighted by Gasteiger charge is -2.34. The van der Waals surface area contributed by atoms with Crippen molar-refractivity contribution in [3.63, 3.8) is 0 Å². The zero-order chi connectivity index (χ0) is 17.6. The van der Waals surface area contributed by atoms with Gasteiger partial charge in [0.05, 0.1) is 11.6 Å². The van der Waals surface area contributed by atoms with Gasteiger partial charge in [-0.1, -0.05) is 31.5 Å². The van der Waals surface area contributed by atoms with Crippen molar-refractivity contribution in [1.29, 1.82) is 0 Å². The number of halogens is 1. The maximum absolute atomic E-state index is 6.27. The van der Waals surface area contributed by atoms with Crippen LogP contribution >= 0.6 is 11.6 Å². The molecule has 2 atom stereocenters.